The van der Waals surface area contributed by atoms with Gasteiger partial charge in [0, 0.05) is 6.92 Å². The van der Waals surface area contributed by atoms with E-state index in [0.717, 1.165) is 5.75 Å². The van der Waals surface area contributed by atoms with Crippen LogP contribution in [-0.4, -0.2) is 11.5 Å². The van der Waals surface area contributed by atoms with E-state index < -0.39 is 0 Å². The highest BCUT2D eigenvalue weighted by Gasteiger charge is 2.03. The van der Waals surface area contributed by atoms with Crippen LogP contribution in [0.5, 0.6) is 11.5 Å². The van der Waals surface area contributed by atoms with E-state index in [1.54, 1.807) is 30.3 Å². The average Bonchev–Trinajstić information content (AvgIpc) is 2.50. The number of nitriles is 1. The highest BCUT2D eigenvalue weighted by molar-refractivity contribution is 6.45. The summed E-state index contributed by atoms with van der Waals surface area (Å²) in [6.45, 7) is 1.29. The Bertz CT molecular complexity index is 686. The highest BCUT2D eigenvalue weighted by Crippen LogP contribution is 2.22. The summed E-state index contributed by atoms with van der Waals surface area (Å²) in [7, 11) is 0. The van der Waals surface area contributed by atoms with E-state index in [1.807, 2.05) is 30.3 Å². The Kier molecular flexibility index (Phi) is 4.67. The molecule has 0 heterocycles. The van der Waals surface area contributed by atoms with Gasteiger partial charge in [0.05, 0.1) is 5.69 Å². The fourth-order valence-corrected chi connectivity index (χ4v) is 1.53. The summed E-state index contributed by atoms with van der Waals surface area (Å²) < 4.78 is 5.65. The van der Waals surface area contributed by atoms with Crippen LogP contribution in [0.1, 0.15) is 6.92 Å². The Labute approximate surface area is 122 Å². The van der Waals surface area contributed by atoms with E-state index in [1.165, 1.54) is 6.92 Å². The van der Waals surface area contributed by atoms with Gasteiger partial charge in [0.25, 0.3) is 0 Å². The quantitative estimate of drug-likeness (QED) is 0.672. The molecule has 1 N–H and O–H groups in total. The van der Waals surface area contributed by atoms with Crippen LogP contribution < -0.4 is 10.2 Å². The smallest absolute Gasteiger partial charge is 0.203 e. The molecule has 0 aromatic heterocycles. The predicted octanol–water partition coefficient (Wildman–Crippen LogP) is 3.36. The number of anilines is 1. The third kappa shape index (κ3) is 4.18. The molecule has 0 aliphatic carbocycles. The van der Waals surface area contributed by atoms with Crippen LogP contribution in [-0.2, 0) is 4.79 Å². The molecule has 0 radical (unpaired) electrons. The standard InChI is InChI=1S/C16H13N3O2/c1-12(20)16(11-17)19-18-13-7-9-15(10-8-13)21-14-5-3-2-4-6-14/h2-10,18H,1H3/b19-16+. The Hall–Kier alpha value is -3.13. The van der Waals surface area contributed by atoms with Gasteiger partial charge in [-0.1, -0.05) is 18.2 Å². The molecule has 0 atom stereocenters. The lowest BCUT2D eigenvalue weighted by Gasteiger charge is -2.06. The number of nitrogens with zero attached hydrogens (tertiary/aromatic N) is 2. The van der Waals surface area contributed by atoms with E-state index in [0.29, 0.717) is 11.4 Å². The molecule has 5 nitrogen and oxygen atoms in total. The number of carbonyl (C=O) groups excluding carboxylic acids is 1. The molecule has 0 fully saturated rings. The number of nitrogens with one attached hydrogen (secondary N) is 1. The van der Waals surface area contributed by atoms with Gasteiger partial charge < -0.3 is 4.74 Å². The van der Waals surface area contributed by atoms with Crippen molar-refractivity contribution in [2.24, 2.45) is 5.10 Å². The van der Waals surface area contributed by atoms with Crippen LogP contribution in [0.25, 0.3) is 0 Å². The zero-order chi connectivity index (χ0) is 15.1. The van der Waals surface area contributed by atoms with Gasteiger partial charge in [-0.3, -0.25) is 10.2 Å². The predicted molar refractivity (Wildman–Crippen MR) is 80.3 cm³/mol. The Morgan fingerprint density at radius 2 is 1.71 bits per heavy atom. The maximum atomic E-state index is 11.0. The first-order chi connectivity index (χ1) is 10.2. The van der Waals surface area contributed by atoms with Crippen molar-refractivity contribution >= 4 is 17.2 Å². The van der Waals surface area contributed by atoms with Gasteiger partial charge in [-0.25, -0.2) is 0 Å². The van der Waals surface area contributed by atoms with E-state index in [2.05, 4.69) is 10.5 Å². The lowest BCUT2D eigenvalue weighted by molar-refractivity contribution is -0.110. The SMILES string of the molecule is CC(=O)/C(C#N)=N/Nc1ccc(Oc2ccccc2)cc1. The number of rotatable bonds is 5. The summed E-state index contributed by atoms with van der Waals surface area (Å²) in [6, 6.07) is 18.2. The summed E-state index contributed by atoms with van der Waals surface area (Å²) >= 11 is 0. The van der Waals surface area contributed by atoms with Gasteiger partial charge in [-0.05, 0) is 36.4 Å². The van der Waals surface area contributed by atoms with Crippen molar-refractivity contribution in [3.05, 3.63) is 54.6 Å². The van der Waals surface area contributed by atoms with Gasteiger partial charge in [0.1, 0.15) is 17.6 Å². The number of benzene rings is 2. The third-order valence-corrected chi connectivity index (χ3v) is 2.57. The minimum atomic E-state index is -0.381. The molecule has 0 bridgehead atoms. The van der Waals surface area contributed by atoms with Crippen molar-refractivity contribution in [2.75, 3.05) is 5.43 Å². The van der Waals surface area contributed by atoms with Crippen LogP contribution in [0, 0.1) is 11.3 Å². The van der Waals surface area contributed by atoms with Gasteiger partial charge in [0.15, 0.2) is 5.78 Å². The minimum absolute atomic E-state index is 0.167. The van der Waals surface area contributed by atoms with E-state index >= 15 is 0 Å². The second kappa shape index (κ2) is 6.87. The van der Waals surface area contributed by atoms with Crippen molar-refractivity contribution in [1.82, 2.24) is 0 Å². The number of hydrogen-bond donors (Lipinski definition) is 1. The summed E-state index contributed by atoms with van der Waals surface area (Å²) in [5, 5.41) is 12.5. The maximum absolute atomic E-state index is 11.0. The summed E-state index contributed by atoms with van der Waals surface area (Å²) in [4.78, 5) is 11.0. The molecule has 21 heavy (non-hydrogen) atoms. The molecular formula is C16H13N3O2. The number of carbonyl (C=O) groups is 1. The fraction of sp³-hybridized carbons (Fsp3) is 0.0625. The van der Waals surface area contributed by atoms with Crippen molar-refractivity contribution < 1.29 is 9.53 Å². The monoisotopic (exact) mass is 279 g/mol. The van der Waals surface area contributed by atoms with Crippen LogP contribution in [0.3, 0.4) is 0 Å². The largest absolute Gasteiger partial charge is 0.457 e. The number of Topliss-reactive ketones (excluding diaryl/α,β-unsaturated/α-hetero) is 1. The molecule has 0 saturated carbocycles. The number of para-hydroxylation sites is 1. The number of ketones is 1. The first-order valence-electron chi connectivity index (χ1n) is 6.27. The highest BCUT2D eigenvalue weighted by atomic mass is 16.5. The van der Waals surface area contributed by atoms with E-state index in [4.69, 9.17) is 10.00 Å². The Morgan fingerprint density at radius 1 is 1.10 bits per heavy atom. The van der Waals surface area contributed by atoms with Gasteiger partial charge in [0.2, 0.25) is 5.71 Å². The summed E-state index contributed by atoms with van der Waals surface area (Å²) in [6.07, 6.45) is 0. The molecule has 2 rings (SSSR count). The van der Waals surface area contributed by atoms with Crippen molar-refractivity contribution in [1.29, 1.82) is 5.26 Å². The van der Waals surface area contributed by atoms with Crippen molar-refractivity contribution in [3.63, 3.8) is 0 Å². The molecule has 0 saturated heterocycles. The molecule has 0 aliphatic heterocycles. The summed E-state index contributed by atoms with van der Waals surface area (Å²) in [5.74, 6) is 1.05. The number of ether oxygens (including phenoxy) is 1. The molecule has 0 amide bonds. The fourth-order valence-electron chi connectivity index (χ4n) is 1.53. The molecule has 104 valence electrons. The van der Waals surface area contributed by atoms with Crippen molar-refractivity contribution in [3.8, 4) is 17.6 Å². The Balaban J connectivity index is 2.03. The molecule has 0 unspecified atom stereocenters. The van der Waals surface area contributed by atoms with E-state index in [9.17, 15) is 4.79 Å². The second-order valence-corrected chi connectivity index (χ2v) is 4.18. The first-order valence-corrected chi connectivity index (χ1v) is 6.27. The Morgan fingerprint density at radius 3 is 2.29 bits per heavy atom. The van der Waals surface area contributed by atoms with Crippen LogP contribution in [0.4, 0.5) is 5.69 Å². The second-order valence-electron chi connectivity index (χ2n) is 4.18. The zero-order valence-electron chi connectivity index (χ0n) is 11.4. The molecule has 0 spiro atoms. The van der Waals surface area contributed by atoms with Crippen LogP contribution in [0.2, 0.25) is 0 Å². The first kappa shape index (κ1) is 14.3. The number of hydrogen-bond acceptors (Lipinski definition) is 5. The zero-order valence-corrected chi connectivity index (χ0v) is 11.4. The minimum Gasteiger partial charge on any atom is -0.457 e. The van der Waals surface area contributed by atoms with Gasteiger partial charge in [-0.15, -0.1) is 0 Å². The molecule has 2 aromatic rings. The van der Waals surface area contributed by atoms with Gasteiger partial charge >= 0.3 is 0 Å². The number of hydrazone groups is 1. The normalized spacial score (nSPS) is 10.6. The average molecular weight is 279 g/mol. The van der Waals surface area contributed by atoms with Crippen molar-refractivity contribution in [2.45, 2.75) is 6.92 Å². The molecule has 0 aliphatic rings. The topological polar surface area (TPSA) is 74.5 Å². The van der Waals surface area contributed by atoms with E-state index in [-0.39, 0.29) is 11.5 Å². The van der Waals surface area contributed by atoms with Gasteiger partial charge in [-0.2, -0.15) is 10.4 Å². The third-order valence-electron chi connectivity index (χ3n) is 2.57. The maximum Gasteiger partial charge on any atom is 0.203 e. The lowest BCUT2D eigenvalue weighted by atomic mass is 10.3. The molecule has 2 aromatic carbocycles. The summed E-state index contributed by atoms with van der Waals surface area (Å²) in [5.41, 5.74) is 3.15. The molecule has 5 heteroatoms. The molecular weight excluding hydrogens is 266 g/mol. The lowest BCUT2D eigenvalue weighted by Crippen LogP contribution is -2.09. The van der Waals surface area contributed by atoms with Crippen LogP contribution >= 0.6 is 0 Å². The van der Waals surface area contributed by atoms with Crippen LogP contribution in [0.15, 0.2) is 59.7 Å².